The molecule has 1 aromatic carbocycles. The normalized spacial score (nSPS) is 19.0. The van der Waals surface area contributed by atoms with Gasteiger partial charge in [0, 0.05) is 54.9 Å². The minimum absolute atomic E-state index is 0. The summed E-state index contributed by atoms with van der Waals surface area (Å²) in [5.74, 6) is 0.280. The number of fused-ring (bicyclic) bond motifs is 1. The lowest BCUT2D eigenvalue weighted by Crippen LogP contribution is -2.38. The molecule has 1 aromatic heterocycles. The lowest BCUT2D eigenvalue weighted by atomic mass is 9.97. The maximum Gasteiger partial charge on any atom is 0.227 e. The standard InChI is InChI=1S/C20H28N4O2.ClH/c25-20(16-3-6-21-7-4-16)22-18-1-2-19-17(15-18)5-8-24(19)10-9-23-11-13-26-14-12-23;/h1-2,5,8,15-16,21H,3-4,6-7,9-14H2,(H,22,25);1H. The number of piperidine rings is 1. The number of hydrogen-bond donors (Lipinski definition) is 2. The minimum atomic E-state index is 0. The van der Waals surface area contributed by atoms with E-state index < -0.39 is 0 Å². The Bertz CT molecular complexity index is 752. The van der Waals surface area contributed by atoms with Crippen molar-refractivity contribution in [2.24, 2.45) is 5.92 Å². The predicted octanol–water partition coefficient (Wildman–Crippen LogP) is 2.33. The number of nitrogens with one attached hydrogen (secondary N) is 2. The van der Waals surface area contributed by atoms with Gasteiger partial charge in [-0.25, -0.2) is 0 Å². The van der Waals surface area contributed by atoms with E-state index in [2.05, 4.69) is 44.5 Å². The van der Waals surface area contributed by atoms with Crippen LogP contribution in [-0.4, -0.2) is 61.3 Å². The summed E-state index contributed by atoms with van der Waals surface area (Å²) in [6.45, 7) is 7.61. The lowest BCUT2D eigenvalue weighted by Gasteiger charge is -2.26. The van der Waals surface area contributed by atoms with E-state index in [0.717, 1.165) is 71.0 Å². The summed E-state index contributed by atoms with van der Waals surface area (Å²) in [6, 6.07) is 8.35. The molecule has 2 aliphatic rings. The number of rotatable bonds is 5. The number of aromatic nitrogens is 1. The van der Waals surface area contributed by atoms with Crippen molar-refractivity contribution < 1.29 is 9.53 Å². The van der Waals surface area contributed by atoms with Gasteiger partial charge in [0.1, 0.15) is 0 Å². The number of amides is 1. The van der Waals surface area contributed by atoms with Gasteiger partial charge in [0.2, 0.25) is 5.91 Å². The fraction of sp³-hybridized carbons (Fsp3) is 0.550. The van der Waals surface area contributed by atoms with Gasteiger partial charge in [0.05, 0.1) is 13.2 Å². The van der Waals surface area contributed by atoms with Crippen molar-refractivity contribution in [1.29, 1.82) is 0 Å². The number of ether oxygens (including phenoxy) is 1. The third kappa shape index (κ3) is 5.02. The number of nitrogens with zero attached hydrogens (tertiary/aromatic N) is 2. The first-order valence-electron chi connectivity index (χ1n) is 9.70. The first-order chi connectivity index (χ1) is 12.8. The van der Waals surface area contributed by atoms with E-state index in [4.69, 9.17) is 4.74 Å². The second kappa shape index (κ2) is 9.55. The monoisotopic (exact) mass is 392 g/mol. The number of anilines is 1. The molecule has 2 saturated heterocycles. The van der Waals surface area contributed by atoms with Gasteiger partial charge in [-0.1, -0.05) is 0 Å². The highest BCUT2D eigenvalue weighted by Gasteiger charge is 2.21. The van der Waals surface area contributed by atoms with Crippen molar-refractivity contribution in [2.45, 2.75) is 19.4 Å². The molecule has 0 saturated carbocycles. The number of hydrogen-bond acceptors (Lipinski definition) is 4. The van der Waals surface area contributed by atoms with E-state index in [-0.39, 0.29) is 24.2 Å². The van der Waals surface area contributed by atoms with Crippen LogP contribution in [0.1, 0.15) is 12.8 Å². The van der Waals surface area contributed by atoms with E-state index in [1.54, 1.807) is 0 Å². The van der Waals surface area contributed by atoms with E-state index in [0.29, 0.717) is 0 Å². The third-order valence-electron chi connectivity index (χ3n) is 5.51. The average Bonchev–Trinajstić information content (AvgIpc) is 3.10. The molecule has 2 aliphatic heterocycles. The van der Waals surface area contributed by atoms with Crippen molar-refractivity contribution in [1.82, 2.24) is 14.8 Å². The fourth-order valence-electron chi connectivity index (χ4n) is 3.88. The molecular formula is C20H29ClN4O2. The number of benzene rings is 1. The maximum absolute atomic E-state index is 12.4. The highest BCUT2D eigenvalue weighted by atomic mass is 35.5. The highest BCUT2D eigenvalue weighted by molar-refractivity contribution is 5.95. The molecule has 4 rings (SSSR count). The summed E-state index contributed by atoms with van der Waals surface area (Å²) in [7, 11) is 0. The van der Waals surface area contributed by atoms with Crippen LogP contribution in [0.2, 0.25) is 0 Å². The van der Waals surface area contributed by atoms with Crippen molar-refractivity contribution in [2.75, 3.05) is 51.3 Å². The molecule has 7 heteroatoms. The van der Waals surface area contributed by atoms with Gasteiger partial charge in [-0.3, -0.25) is 9.69 Å². The number of carbonyl (C=O) groups is 1. The molecule has 0 aliphatic carbocycles. The van der Waals surface area contributed by atoms with Crippen LogP contribution < -0.4 is 10.6 Å². The Morgan fingerprint density at radius 3 is 2.70 bits per heavy atom. The summed E-state index contributed by atoms with van der Waals surface area (Å²) in [5, 5.41) is 7.58. The summed E-state index contributed by atoms with van der Waals surface area (Å²) in [5.41, 5.74) is 2.12. The molecule has 3 heterocycles. The quantitative estimate of drug-likeness (QED) is 0.820. The average molecular weight is 393 g/mol. The van der Waals surface area contributed by atoms with E-state index in [1.807, 2.05) is 6.07 Å². The number of halogens is 1. The summed E-state index contributed by atoms with van der Waals surface area (Å²) in [6.07, 6.45) is 3.99. The molecule has 0 spiro atoms. The Balaban J connectivity index is 0.00000210. The highest BCUT2D eigenvalue weighted by Crippen LogP contribution is 2.22. The van der Waals surface area contributed by atoms with Gasteiger partial charge in [-0.05, 0) is 50.2 Å². The second-order valence-corrected chi connectivity index (χ2v) is 7.25. The SMILES string of the molecule is Cl.O=C(Nc1ccc2c(ccn2CCN2CCOCC2)c1)C1CCNCC1. The fourth-order valence-corrected chi connectivity index (χ4v) is 3.88. The van der Waals surface area contributed by atoms with Crippen LogP contribution in [0.15, 0.2) is 30.5 Å². The Labute approximate surface area is 166 Å². The second-order valence-electron chi connectivity index (χ2n) is 7.25. The zero-order valence-electron chi connectivity index (χ0n) is 15.7. The summed E-state index contributed by atoms with van der Waals surface area (Å²) >= 11 is 0. The molecule has 0 unspecified atom stereocenters. The number of morpholine rings is 1. The zero-order chi connectivity index (χ0) is 17.8. The molecule has 1 amide bonds. The Hall–Kier alpha value is -1.60. The van der Waals surface area contributed by atoms with E-state index in [1.165, 1.54) is 10.9 Å². The summed E-state index contributed by atoms with van der Waals surface area (Å²) in [4.78, 5) is 14.9. The Kier molecular flexibility index (Phi) is 7.13. The van der Waals surface area contributed by atoms with E-state index >= 15 is 0 Å². The van der Waals surface area contributed by atoms with Crippen molar-refractivity contribution in [3.63, 3.8) is 0 Å². The van der Waals surface area contributed by atoms with Gasteiger partial charge in [-0.15, -0.1) is 12.4 Å². The largest absolute Gasteiger partial charge is 0.379 e. The number of carbonyl (C=O) groups excluding carboxylic acids is 1. The molecule has 6 nitrogen and oxygen atoms in total. The molecule has 2 fully saturated rings. The molecule has 2 N–H and O–H groups in total. The molecule has 0 atom stereocenters. The molecule has 2 aromatic rings. The first kappa shape index (κ1) is 20.1. The van der Waals surface area contributed by atoms with Gasteiger partial charge in [0.15, 0.2) is 0 Å². The molecular weight excluding hydrogens is 364 g/mol. The van der Waals surface area contributed by atoms with Crippen LogP contribution in [0.3, 0.4) is 0 Å². The van der Waals surface area contributed by atoms with Gasteiger partial charge < -0.3 is 19.9 Å². The summed E-state index contributed by atoms with van der Waals surface area (Å²) < 4.78 is 7.70. The van der Waals surface area contributed by atoms with Crippen LogP contribution in [0.5, 0.6) is 0 Å². The topological polar surface area (TPSA) is 58.5 Å². The first-order valence-corrected chi connectivity index (χ1v) is 9.70. The van der Waals surface area contributed by atoms with E-state index in [9.17, 15) is 4.79 Å². The lowest BCUT2D eigenvalue weighted by molar-refractivity contribution is -0.120. The minimum Gasteiger partial charge on any atom is -0.379 e. The Morgan fingerprint density at radius 1 is 1.15 bits per heavy atom. The van der Waals surface area contributed by atoms with Crippen molar-refractivity contribution in [3.8, 4) is 0 Å². The smallest absolute Gasteiger partial charge is 0.227 e. The van der Waals surface area contributed by atoms with Crippen LogP contribution in [0.25, 0.3) is 10.9 Å². The van der Waals surface area contributed by atoms with Crippen LogP contribution in [0, 0.1) is 5.92 Å². The van der Waals surface area contributed by atoms with Crippen LogP contribution in [0.4, 0.5) is 5.69 Å². The zero-order valence-corrected chi connectivity index (χ0v) is 16.5. The van der Waals surface area contributed by atoms with Crippen molar-refractivity contribution >= 4 is 34.9 Å². The van der Waals surface area contributed by atoms with Gasteiger partial charge in [-0.2, -0.15) is 0 Å². The van der Waals surface area contributed by atoms with Crippen LogP contribution >= 0.6 is 12.4 Å². The van der Waals surface area contributed by atoms with Gasteiger partial charge in [0.25, 0.3) is 0 Å². The predicted molar refractivity (Wildman–Crippen MR) is 111 cm³/mol. The molecule has 0 radical (unpaired) electrons. The molecule has 0 bridgehead atoms. The third-order valence-corrected chi connectivity index (χ3v) is 5.51. The van der Waals surface area contributed by atoms with Crippen LogP contribution in [-0.2, 0) is 16.1 Å². The Morgan fingerprint density at radius 2 is 1.93 bits per heavy atom. The molecule has 27 heavy (non-hydrogen) atoms. The van der Waals surface area contributed by atoms with Gasteiger partial charge >= 0.3 is 0 Å². The molecule has 148 valence electrons. The maximum atomic E-state index is 12.4. The van der Waals surface area contributed by atoms with Crippen molar-refractivity contribution in [3.05, 3.63) is 30.5 Å².